The Labute approximate surface area is 332 Å². The molecule has 0 aliphatic rings. The molecule has 4 aromatic heterocycles. The number of carbonyl (C=O) groups excluding carboxylic acids is 4. The quantitative estimate of drug-likeness (QED) is 0.0954. The summed E-state index contributed by atoms with van der Waals surface area (Å²) in [6.45, 7) is 8.15. The van der Waals surface area contributed by atoms with Crippen LogP contribution in [0.25, 0.3) is 22.1 Å². The fraction of sp³-hybridized carbons (Fsp3) is 0.333. The second-order valence-electron chi connectivity index (χ2n) is 13.5. The first-order valence-corrected chi connectivity index (χ1v) is 18.4. The van der Waals surface area contributed by atoms with Gasteiger partial charge in [0.25, 0.3) is 11.8 Å². The maximum absolute atomic E-state index is 13.6. The highest BCUT2D eigenvalue weighted by molar-refractivity contribution is 6.05. The number of nitrogens with two attached hydrogens (primary N) is 2. The number of likely N-dealkylation sites (N-methyl/N-ethyl adjacent to an activating group) is 1. The molecule has 19 heteroatoms. The minimum Gasteiger partial charge on any atom is -0.494 e. The lowest BCUT2D eigenvalue weighted by molar-refractivity contribution is 0.0985. The van der Waals surface area contributed by atoms with Crippen LogP contribution in [0.4, 0.5) is 11.9 Å². The number of hydrogen-bond acceptors (Lipinski definition) is 13. The van der Waals surface area contributed by atoms with E-state index in [1.165, 1.54) is 25.3 Å². The summed E-state index contributed by atoms with van der Waals surface area (Å²) in [5.74, 6) is -0.823. The summed E-state index contributed by atoms with van der Waals surface area (Å²) in [4.78, 5) is 71.6. The molecule has 6 aromatic rings. The highest BCUT2D eigenvalue weighted by Gasteiger charge is 2.25. The number of hydrogen-bond donors (Lipinski definition) is 4. The molecule has 0 aliphatic heterocycles. The number of ether oxygens (including phenoxy) is 2. The first-order valence-electron chi connectivity index (χ1n) is 18.4. The number of methoxy groups -OCH3 is 1. The molecule has 4 heterocycles. The molecule has 0 saturated heterocycles. The summed E-state index contributed by atoms with van der Waals surface area (Å²) in [5.41, 5.74) is 14.3. The zero-order valence-corrected chi connectivity index (χ0v) is 33.3. The highest BCUT2D eigenvalue weighted by atomic mass is 16.5. The Morgan fingerprint density at radius 3 is 1.60 bits per heavy atom. The summed E-state index contributed by atoms with van der Waals surface area (Å²) in [6, 6.07) is 6.08. The van der Waals surface area contributed by atoms with E-state index < -0.39 is 23.6 Å². The van der Waals surface area contributed by atoms with Crippen LogP contribution in [0.2, 0.25) is 0 Å². The molecule has 0 radical (unpaired) electrons. The molecule has 0 saturated carbocycles. The van der Waals surface area contributed by atoms with Crippen LogP contribution in [0.1, 0.15) is 78.8 Å². The number of primary amides is 2. The van der Waals surface area contributed by atoms with Crippen molar-refractivity contribution in [2.75, 3.05) is 45.0 Å². The normalized spacial score (nSPS) is 11.6. The number of imidazole rings is 2. The molecule has 0 spiro atoms. The number of anilines is 2. The molecule has 0 fully saturated rings. The molecule has 6 rings (SSSR count). The molecule has 6 N–H and O–H groups in total. The van der Waals surface area contributed by atoms with Crippen molar-refractivity contribution in [2.24, 2.45) is 11.5 Å². The summed E-state index contributed by atoms with van der Waals surface area (Å²) in [5, 5.41) is 5.68. The van der Waals surface area contributed by atoms with Gasteiger partial charge in [-0.2, -0.15) is 0 Å². The standard InChI is InChI=1S/C39H45N11O8/c1-8-24-32(57-20(3)42-24)36(53)46-38-44-26-16-22(34(40)51)18-28(55-7)30(26)49(38)12-10-11-13-50-31-27(17-23(35(41)52)19-29(31)56-15-14-48(5)6)45-39(50)47-37(54)33-25(9-2)43-21(4)58-33/h10-11,16-19H,8-9,12-15H2,1-7H3,(H2,40,51)(H2,41,52)(H,44,46,53)(H,45,47,54)/b11-10+. The van der Waals surface area contributed by atoms with Crippen molar-refractivity contribution in [3.05, 3.63) is 82.2 Å². The molecule has 0 unspecified atom stereocenters. The Morgan fingerprint density at radius 2 is 1.19 bits per heavy atom. The molecule has 304 valence electrons. The van der Waals surface area contributed by atoms with Crippen LogP contribution in [-0.4, -0.2) is 92.0 Å². The van der Waals surface area contributed by atoms with Gasteiger partial charge in [0.2, 0.25) is 35.2 Å². The Hall–Kier alpha value is -7.02. The average molecular weight is 796 g/mol. The number of allylic oxidation sites excluding steroid dienone is 2. The second kappa shape index (κ2) is 17.0. The van der Waals surface area contributed by atoms with E-state index in [1.807, 2.05) is 45.0 Å². The van der Waals surface area contributed by atoms with Gasteiger partial charge in [-0.05, 0) is 51.2 Å². The van der Waals surface area contributed by atoms with Gasteiger partial charge < -0.3 is 43.8 Å². The first-order chi connectivity index (χ1) is 27.7. The van der Waals surface area contributed by atoms with Gasteiger partial charge in [-0.1, -0.05) is 26.0 Å². The molecule has 0 bridgehead atoms. The van der Waals surface area contributed by atoms with Crippen molar-refractivity contribution >= 4 is 57.6 Å². The van der Waals surface area contributed by atoms with Crippen molar-refractivity contribution in [3.63, 3.8) is 0 Å². The summed E-state index contributed by atoms with van der Waals surface area (Å²) in [7, 11) is 5.25. The Kier molecular flexibility index (Phi) is 11.9. The number of aromatic nitrogens is 6. The van der Waals surface area contributed by atoms with E-state index in [4.69, 9.17) is 34.8 Å². The van der Waals surface area contributed by atoms with Gasteiger partial charge in [-0.15, -0.1) is 0 Å². The number of fused-ring (bicyclic) bond motifs is 2. The lowest BCUT2D eigenvalue weighted by Gasteiger charge is -2.14. The third-order valence-corrected chi connectivity index (χ3v) is 9.08. The number of rotatable bonds is 17. The molecule has 0 aliphatic carbocycles. The van der Waals surface area contributed by atoms with Crippen LogP contribution in [0, 0.1) is 13.8 Å². The Balaban J connectivity index is 1.41. The number of oxazole rings is 2. The predicted octanol–water partition coefficient (Wildman–Crippen LogP) is 4.01. The SMILES string of the molecule is CCc1nc(C)oc1C(=O)Nc1nc2cc(C(N)=O)cc(OC)c2n1C/C=C/Cn1c(NC(=O)c2oc(C)nc2CC)nc2cc(C(N)=O)cc(OCCN(C)C)c21. The smallest absolute Gasteiger partial charge is 0.295 e. The fourth-order valence-electron chi connectivity index (χ4n) is 6.35. The van der Waals surface area contributed by atoms with E-state index >= 15 is 0 Å². The van der Waals surface area contributed by atoms with Crippen molar-refractivity contribution in [2.45, 2.75) is 53.6 Å². The van der Waals surface area contributed by atoms with Gasteiger partial charge in [-0.3, -0.25) is 29.8 Å². The fourth-order valence-corrected chi connectivity index (χ4v) is 6.35. The number of nitrogens with zero attached hydrogens (tertiary/aromatic N) is 7. The Bertz CT molecular complexity index is 2580. The van der Waals surface area contributed by atoms with Crippen LogP contribution in [0.3, 0.4) is 0 Å². The molecule has 2 aromatic carbocycles. The van der Waals surface area contributed by atoms with Crippen molar-refractivity contribution in [1.29, 1.82) is 0 Å². The monoisotopic (exact) mass is 795 g/mol. The summed E-state index contributed by atoms with van der Waals surface area (Å²) in [6.07, 6.45) is 4.55. The molecular weight excluding hydrogens is 750 g/mol. The van der Waals surface area contributed by atoms with E-state index in [2.05, 4.69) is 25.6 Å². The first kappa shape index (κ1) is 40.6. The maximum Gasteiger partial charge on any atom is 0.295 e. The van der Waals surface area contributed by atoms with Crippen molar-refractivity contribution < 1.29 is 37.5 Å². The lowest BCUT2D eigenvalue weighted by atomic mass is 10.1. The van der Waals surface area contributed by atoms with Gasteiger partial charge in [0, 0.05) is 44.6 Å². The number of nitrogens with one attached hydrogen (secondary N) is 2. The largest absolute Gasteiger partial charge is 0.494 e. The molecule has 4 amide bonds. The van der Waals surface area contributed by atoms with Gasteiger partial charge in [0.05, 0.1) is 29.5 Å². The Morgan fingerprint density at radius 1 is 0.741 bits per heavy atom. The number of carbonyl (C=O) groups is 4. The topological polar surface area (TPSA) is 254 Å². The summed E-state index contributed by atoms with van der Waals surface area (Å²) < 4.78 is 26.5. The van der Waals surface area contributed by atoms with Gasteiger partial charge in [0.15, 0.2) is 11.8 Å². The van der Waals surface area contributed by atoms with Crippen molar-refractivity contribution in [1.82, 2.24) is 34.0 Å². The van der Waals surface area contributed by atoms with E-state index in [9.17, 15) is 19.2 Å². The van der Waals surface area contributed by atoms with Crippen LogP contribution in [-0.2, 0) is 25.9 Å². The van der Waals surface area contributed by atoms with Gasteiger partial charge >= 0.3 is 0 Å². The van der Waals surface area contributed by atoms with Crippen LogP contribution < -0.4 is 31.6 Å². The van der Waals surface area contributed by atoms with Gasteiger partial charge in [-0.25, -0.2) is 19.9 Å². The summed E-state index contributed by atoms with van der Waals surface area (Å²) >= 11 is 0. The predicted molar refractivity (Wildman–Crippen MR) is 213 cm³/mol. The zero-order valence-electron chi connectivity index (χ0n) is 33.3. The average Bonchev–Trinajstić information content (AvgIpc) is 3.94. The molecule has 58 heavy (non-hydrogen) atoms. The number of amides is 4. The van der Waals surface area contributed by atoms with Gasteiger partial charge in [0.1, 0.15) is 29.1 Å². The minimum atomic E-state index is -0.683. The van der Waals surface area contributed by atoms with E-state index in [0.29, 0.717) is 76.1 Å². The third-order valence-electron chi connectivity index (χ3n) is 9.08. The number of aryl methyl sites for hydroxylation is 4. The number of benzene rings is 2. The second-order valence-corrected chi connectivity index (χ2v) is 13.5. The van der Waals surface area contributed by atoms with Crippen molar-refractivity contribution in [3.8, 4) is 11.5 Å². The van der Waals surface area contributed by atoms with E-state index in [0.717, 1.165) is 0 Å². The van der Waals surface area contributed by atoms with Crippen LogP contribution in [0.5, 0.6) is 11.5 Å². The maximum atomic E-state index is 13.6. The van der Waals surface area contributed by atoms with E-state index in [-0.39, 0.29) is 54.2 Å². The zero-order chi connectivity index (χ0) is 41.8. The van der Waals surface area contributed by atoms with Crippen LogP contribution in [0.15, 0.2) is 45.3 Å². The van der Waals surface area contributed by atoms with E-state index in [1.54, 1.807) is 29.0 Å². The highest BCUT2D eigenvalue weighted by Crippen LogP contribution is 2.33. The molecule has 0 atom stereocenters. The van der Waals surface area contributed by atoms with Crippen LogP contribution >= 0.6 is 0 Å². The third kappa shape index (κ3) is 8.38. The lowest BCUT2D eigenvalue weighted by Crippen LogP contribution is -2.20. The minimum absolute atomic E-state index is 0.0511. The molecular formula is C39H45N11O8. The molecule has 19 nitrogen and oxygen atoms in total.